The number of benzene rings is 1. The molecular weight excluding hydrogens is 254 g/mol. The van der Waals surface area contributed by atoms with Crippen molar-refractivity contribution >= 4 is 0 Å². The Hall–Kier alpha value is -1.68. The molecule has 0 aliphatic heterocycles. The van der Waals surface area contributed by atoms with Crippen LogP contribution in [0.5, 0.6) is 17.2 Å². The molecule has 0 aliphatic carbocycles. The second-order valence-electron chi connectivity index (χ2n) is 4.68. The Labute approximate surface area is 121 Å². The largest absolute Gasteiger partial charge is 0.496 e. The minimum Gasteiger partial charge on any atom is -0.496 e. The Morgan fingerprint density at radius 2 is 1.65 bits per heavy atom. The van der Waals surface area contributed by atoms with Crippen LogP contribution < -0.4 is 19.5 Å². The molecule has 0 aliphatic rings. The monoisotopic (exact) mass is 279 g/mol. The molecule has 1 aromatic carbocycles. The minimum atomic E-state index is 0.0321. The van der Waals surface area contributed by atoms with E-state index in [1.807, 2.05) is 19.1 Å². The van der Waals surface area contributed by atoms with E-state index in [0.717, 1.165) is 29.9 Å². The lowest BCUT2D eigenvalue weighted by atomic mass is 9.99. The van der Waals surface area contributed by atoms with Crippen LogP contribution in [0.2, 0.25) is 0 Å². The van der Waals surface area contributed by atoms with Crippen molar-refractivity contribution in [1.82, 2.24) is 5.32 Å². The van der Waals surface area contributed by atoms with Gasteiger partial charge in [-0.25, -0.2) is 0 Å². The predicted octanol–water partition coefficient (Wildman–Crippen LogP) is 3.33. The summed E-state index contributed by atoms with van der Waals surface area (Å²) in [5.41, 5.74) is 2.04. The Bertz CT molecular complexity index is 457. The average molecular weight is 279 g/mol. The van der Waals surface area contributed by atoms with Crippen molar-refractivity contribution in [3.8, 4) is 17.2 Å². The van der Waals surface area contributed by atoms with E-state index in [-0.39, 0.29) is 6.04 Å². The van der Waals surface area contributed by atoms with E-state index in [4.69, 9.17) is 14.2 Å². The van der Waals surface area contributed by atoms with Gasteiger partial charge in [0.1, 0.15) is 5.75 Å². The fourth-order valence-electron chi connectivity index (χ4n) is 2.12. The number of hydrogen-bond acceptors (Lipinski definition) is 4. The lowest BCUT2D eigenvalue weighted by Crippen LogP contribution is -2.23. The van der Waals surface area contributed by atoms with Gasteiger partial charge in [0.15, 0.2) is 11.5 Å². The van der Waals surface area contributed by atoms with Crippen molar-refractivity contribution in [3.05, 3.63) is 29.8 Å². The number of ether oxygens (including phenoxy) is 3. The van der Waals surface area contributed by atoms with E-state index < -0.39 is 0 Å². The van der Waals surface area contributed by atoms with Crippen LogP contribution in [0.1, 0.15) is 31.9 Å². The molecule has 0 saturated carbocycles. The van der Waals surface area contributed by atoms with Crippen LogP contribution in [0.25, 0.3) is 0 Å². The number of hydrogen-bond donors (Lipinski definition) is 1. The van der Waals surface area contributed by atoms with Gasteiger partial charge in [-0.05, 0) is 26.0 Å². The van der Waals surface area contributed by atoms with Gasteiger partial charge in [-0.15, -0.1) is 0 Å². The number of nitrogens with one attached hydrogen (secondary N) is 1. The molecule has 20 heavy (non-hydrogen) atoms. The zero-order valence-electron chi connectivity index (χ0n) is 13.1. The van der Waals surface area contributed by atoms with Crippen LogP contribution in [0, 0.1) is 0 Å². The highest BCUT2D eigenvalue weighted by atomic mass is 16.5. The molecule has 0 spiro atoms. The zero-order valence-corrected chi connectivity index (χ0v) is 13.1. The van der Waals surface area contributed by atoms with Crippen molar-refractivity contribution < 1.29 is 14.2 Å². The predicted molar refractivity (Wildman–Crippen MR) is 81.9 cm³/mol. The van der Waals surface area contributed by atoms with Crippen molar-refractivity contribution in [2.75, 3.05) is 27.9 Å². The highest BCUT2D eigenvalue weighted by molar-refractivity contribution is 5.53. The molecule has 1 atom stereocenters. The highest BCUT2D eigenvalue weighted by Gasteiger charge is 2.20. The summed E-state index contributed by atoms with van der Waals surface area (Å²) < 4.78 is 16.2. The van der Waals surface area contributed by atoms with Crippen LogP contribution >= 0.6 is 0 Å². The molecule has 0 aromatic heterocycles. The summed E-state index contributed by atoms with van der Waals surface area (Å²) in [4.78, 5) is 0. The van der Waals surface area contributed by atoms with Crippen LogP contribution in [0.15, 0.2) is 24.3 Å². The minimum absolute atomic E-state index is 0.0321. The molecule has 0 bridgehead atoms. The standard InChI is InChI=1S/C16H25NO3/c1-7-8-17-16(11(2)3)12-9-14(19-5)15(20-6)10-13(12)18-4/h9-10,16-17H,2,7-8H2,1,3-6H3. The second-order valence-corrected chi connectivity index (χ2v) is 4.68. The Morgan fingerprint density at radius 1 is 1.10 bits per heavy atom. The van der Waals surface area contributed by atoms with E-state index in [1.165, 1.54) is 0 Å². The molecule has 4 heteroatoms. The van der Waals surface area contributed by atoms with Gasteiger partial charge in [-0.2, -0.15) is 0 Å². The van der Waals surface area contributed by atoms with E-state index in [9.17, 15) is 0 Å². The smallest absolute Gasteiger partial charge is 0.164 e. The fourth-order valence-corrected chi connectivity index (χ4v) is 2.12. The summed E-state index contributed by atoms with van der Waals surface area (Å²) in [5, 5.41) is 3.47. The molecule has 1 N–H and O–H groups in total. The molecule has 0 saturated heterocycles. The van der Waals surface area contributed by atoms with Crippen LogP contribution in [0.4, 0.5) is 0 Å². The molecule has 4 nitrogen and oxygen atoms in total. The third-order valence-electron chi connectivity index (χ3n) is 3.14. The van der Waals surface area contributed by atoms with Crippen LogP contribution in [-0.2, 0) is 0 Å². The fraction of sp³-hybridized carbons (Fsp3) is 0.500. The number of rotatable bonds is 8. The molecule has 1 rings (SSSR count). The summed E-state index contributed by atoms with van der Waals surface area (Å²) >= 11 is 0. The van der Waals surface area contributed by atoms with Gasteiger partial charge < -0.3 is 19.5 Å². The Morgan fingerprint density at radius 3 is 2.10 bits per heavy atom. The average Bonchev–Trinajstić information content (AvgIpc) is 2.46. The summed E-state index contributed by atoms with van der Waals surface area (Å²) in [5.74, 6) is 2.11. The maximum Gasteiger partial charge on any atom is 0.164 e. The second kappa shape index (κ2) is 7.80. The SMILES string of the molecule is C=C(C)C(NCCC)c1cc(OC)c(OC)cc1OC. The Kier molecular flexibility index (Phi) is 6.39. The van der Waals surface area contributed by atoms with Gasteiger partial charge in [-0.1, -0.05) is 19.1 Å². The molecule has 0 amide bonds. The third kappa shape index (κ3) is 3.67. The maximum absolute atomic E-state index is 5.48. The lowest BCUT2D eigenvalue weighted by molar-refractivity contribution is 0.346. The molecule has 0 heterocycles. The molecular formula is C16H25NO3. The van der Waals surface area contributed by atoms with Crippen molar-refractivity contribution in [2.45, 2.75) is 26.3 Å². The summed E-state index contributed by atoms with van der Waals surface area (Å²) in [6.45, 7) is 9.12. The lowest BCUT2D eigenvalue weighted by Gasteiger charge is -2.23. The van der Waals surface area contributed by atoms with E-state index in [2.05, 4.69) is 18.8 Å². The Balaban J connectivity index is 3.27. The topological polar surface area (TPSA) is 39.7 Å². The quantitative estimate of drug-likeness (QED) is 0.741. The first kappa shape index (κ1) is 16.4. The first-order valence-corrected chi connectivity index (χ1v) is 6.77. The summed E-state index contributed by atoms with van der Waals surface area (Å²) in [7, 11) is 4.89. The molecule has 1 unspecified atom stereocenters. The van der Waals surface area contributed by atoms with Crippen LogP contribution in [-0.4, -0.2) is 27.9 Å². The van der Waals surface area contributed by atoms with Crippen molar-refractivity contribution in [2.24, 2.45) is 0 Å². The first-order valence-electron chi connectivity index (χ1n) is 6.77. The molecule has 1 aromatic rings. The first-order chi connectivity index (χ1) is 9.58. The van der Waals surface area contributed by atoms with Crippen molar-refractivity contribution in [1.29, 1.82) is 0 Å². The van der Waals surface area contributed by atoms with Crippen LogP contribution in [0.3, 0.4) is 0 Å². The normalized spacial score (nSPS) is 11.8. The molecule has 0 fully saturated rings. The third-order valence-corrected chi connectivity index (χ3v) is 3.14. The summed E-state index contributed by atoms with van der Waals surface area (Å²) in [6, 6.07) is 3.82. The van der Waals surface area contributed by atoms with E-state index >= 15 is 0 Å². The highest BCUT2D eigenvalue weighted by Crippen LogP contribution is 2.39. The number of methoxy groups -OCH3 is 3. The van der Waals surface area contributed by atoms with Gasteiger partial charge in [-0.3, -0.25) is 0 Å². The van der Waals surface area contributed by atoms with Gasteiger partial charge in [0.25, 0.3) is 0 Å². The van der Waals surface area contributed by atoms with Gasteiger partial charge in [0.2, 0.25) is 0 Å². The van der Waals surface area contributed by atoms with Gasteiger partial charge in [0, 0.05) is 11.6 Å². The van der Waals surface area contributed by atoms with E-state index in [1.54, 1.807) is 21.3 Å². The zero-order chi connectivity index (χ0) is 15.1. The van der Waals surface area contributed by atoms with Gasteiger partial charge >= 0.3 is 0 Å². The summed E-state index contributed by atoms with van der Waals surface area (Å²) in [6.07, 6.45) is 1.05. The van der Waals surface area contributed by atoms with E-state index in [0.29, 0.717) is 11.5 Å². The molecule has 0 radical (unpaired) electrons. The molecule has 112 valence electrons. The van der Waals surface area contributed by atoms with Crippen molar-refractivity contribution in [3.63, 3.8) is 0 Å². The van der Waals surface area contributed by atoms with Gasteiger partial charge in [0.05, 0.1) is 27.4 Å². The maximum atomic E-state index is 5.48.